The number of hydrogen-bond acceptors (Lipinski definition) is 2. The van der Waals surface area contributed by atoms with Crippen LogP contribution in [-0.4, -0.2) is 16.6 Å². The summed E-state index contributed by atoms with van der Waals surface area (Å²) >= 11 is 0. The fourth-order valence-electron chi connectivity index (χ4n) is 2.50. The van der Waals surface area contributed by atoms with Crippen LogP contribution in [0.5, 0.6) is 0 Å². The Bertz CT molecular complexity index is 489. The molecule has 1 heterocycles. The van der Waals surface area contributed by atoms with Gasteiger partial charge in [-0.2, -0.15) is 0 Å². The zero-order valence-electron chi connectivity index (χ0n) is 10.0. The number of aromatic nitrogens is 2. The number of hydrogen-bond donors (Lipinski definition) is 1. The smallest absolute Gasteiger partial charge is 0.0951 e. The van der Waals surface area contributed by atoms with Gasteiger partial charge in [0, 0.05) is 24.7 Å². The highest BCUT2D eigenvalue weighted by Gasteiger charge is 2.40. The van der Waals surface area contributed by atoms with Crippen LogP contribution < -0.4 is 5.32 Å². The summed E-state index contributed by atoms with van der Waals surface area (Å²) < 4.78 is 2.31. The Labute approximate surface area is 101 Å². The zero-order valence-corrected chi connectivity index (χ0v) is 10.0. The molecule has 3 rings (SSSR count). The van der Waals surface area contributed by atoms with Crippen molar-refractivity contribution in [3.8, 4) is 0 Å². The molecule has 2 atom stereocenters. The molecule has 3 nitrogen and oxygen atoms in total. The van der Waals surface area contributed by atoms with Gasteiger partial charge in [-0.3, -0.25) is 0 Å². The van der Waals surface area contributed by atoms with Crippen molar-refractivity contribution in [1.82, 2.24) is 14.9 Å². The third kappa shape index (κ3) is 1.98. The van der Waals surface area contributed by atoms with E-state index in [1.807, 2.05) is 19.6 Å². The highest BCUT2D eigenvalue weighted by atomic mass is 15.1. The molecule has 17 heavy (non-hydrogen) atoms. The topological polar surface area (TPSA) is 29.9 Å². The maximum atomic E-state index is 4.25. The van der Waals surface area contributed by atoms with Gasteiger partial charge in [0.25, 0.3) is 0 Å². The van der Waals surface area contributed by atoms with Gasteiger partial charge in [0.15, 0.2) is 0 Å². The van der Waals surface area contributed by atoms with Gasteiger partial charge in [-0.15, -0.1) is 0 Å². The zero-order chi connectivity index (χ0) is 11.7. The van der Waals surface area contributed by atoms with Crippen molar-refractivity contribution in [2.24, 2.45) is 0 Å². The second kappa shape index (κ2) is 4.34. The Morgan fingerprint density at radius 1 is 1.35 bits per heavy atom. The molecule has 0 radical (unpaired) electrons. The van der Waals surface area contributed by atoms with Gasteiger partial charge in [0.1, 0.15) is 0 Å². The molecule has 2 aromatic rings. The second-order valence-corrected chi connectivity index (χ2v) is 4.64. The molecular weight excluding hydrogens is 210 g/mol. The lowest BCUT2D eigenvalue weighted by Crippen LogP contribution is -2.10. The van der Waals surface area contributed by atoms with Crippen molar-refractivity contribution in [2.75, 3.05) is 7.05 Å². The molecule has 1 aromatic heterocycles. The van der Waals surface area contributed by atoms with E-state index in [0.29, 0.717) is 12.0 Å². The monoisotopic (exact) mass is 227 g/mol. The van der Waals surface area contributed by atoms with Crippen LogP contribution in [0, 0.1) is 0 Å². The largest absolute Gasteiger partial charge is 0.330 e. The first-order valence-corrected chi connectivity index (χ1v) is 6.10. The van der Waals surface area contributed by atoms with Gasteiger partial charge >= 0.3 is 0 Å². The molecule has 0 spiro atoms. The van der Waals surface area contributed by atoms with E-state index in [-0.39, 0.29) is 0 Å². The van der Waals surface area contributed by atoms with E-state index in [9.17, 15) is 0 Å². The van der Waals surface area contributed by atoms with E-state index >= 15 is 0 Å². The summed E-state index contributed by atoms with van der Waals surface area (Å²) in [7, 11) is 1.97. The number of nitrogens with one attached hydrogen (secondary N) is 1. The Balaban J connectivity index is 1.78. The fraction of sp³-hybridized carbons (Fsp3) is 0.357. The van der Waals surface area contributed by atoms with Crippen LogP contribution in [0.25, 0.3) is 0 Å². The predicted octanol–water partition coefficient (Wildman–Crippen LogP) is 2.33. The van der Waals surface area contributed by atoms with E-state index in [0.717, 1.165) is 6.54 Å². The lowest BCUT2D eigenvalue weighted by atomic mass is 10.1. The second-order valence-electron chi connectivity index (χ2n) is 4.64. The van der Waals surface area contributed by atoms with Gasteiger partial charge in [-0.05, 0) is 19.0 Å². The van der Waals surface area contributed by atoms with E-state index in [2.05, 4.69) is 45.2 Å². The van der Waals surface area contributed by atoms with E-state index in [1.165, 1.54) is 17.7 Å². The van der Waals surface area contributed by atoms with Gasteiger partial charge < -0.3 is 9.88 Å². The van der Waals surface area contributed by atoms with E-state index < -0.39 is 0 Å². The first-order valence-electron chi connectivity index (χ1n) is 6.10. The molecule has 0 amide bonds. The molecule has 2 unspecified atom stereocenters. The minimum absolute atomic E-state index is 0.600. The van der Waals surface area contributed by atoms with Crippen LogP contribution >= 0.6 is 0 Å². The quantitative estimate of drug-likeness (QED) is 0.868. The normalized spacial score (nSPS) is 22.6. The van der Waals surface area contributed by atoms with Crippen LogP contribution in [0.1, 0.15) is 29.6 Å². The minimum Gasteiger partial charge on any atom is -0.330 e. The molecule has 0 bridgehead atoms. The molecule has 1 aliphatic rings. The lowest BCUT2D eigenvalue weighted by molar-refractivity contribution is 0.647. The van der Waals surface area contributed by atoms with Crippen molar-refractivity contribution < 1.29 is 0 Å². The Morgan fingerprint density at radius 3 is 2.94 bits per heavy atom. The number of rotatable bonds is 4. The molecule has 1 fully saturated rings. The van der Waals surface area contributed by atoms with Crippen molar-refractivity contribution in [3.05, 3.63) is 54.1 Å². The average Bonchev–Trinajstić information content (AvgIpc) is 3.04. The fourth-order valence-corrected chi connectivity index (χ4v) is 2.50. The summed E-state index contributed by atoms with van der Waals surface area (Å²) in [6, 6.07) is 11.4. The van der Waals surface area contributed by atoms with Crippen molar-refractivity contribution in [3.63, 3.8) is 0 Å². The van der Waals surface area contributed by atoms with E-state index in [4.69, 9.17) is 0 Å². The van der Waals surface area contributed by atoms with Gasteiger partial charge in [0.2, 0.25) is 0 Å². The van der Waals surface area contributed by atoms with Crippen LogP contribution in [0.15, 0.2) is 42.9 Å². The maximum Gasteiger partial charge on any atom is 0.0951 e. The average molecular weight is 227 g/mol. The number of benzene rings is 1. The molecule has 0 saturated heterocycles. The number of imidazole rings is 1. The molecule has 1 aromatic carbocycles. The summed E-state index contributed by atoms with van der Waals surface area (Å²) in [4.78, 5) is 4.25. The molecule has 1 aliphatic carbocycles. The van der Waals surface area contributed by atoms with Crippen LogP contribution in [0.3, 0.4) is 0 Å². The molecule has 0 aliphatic heterocycles. The molecule has 88 valence electrons. The molecule has 1 N–H and O–H groups in total. The predicted molar refractivity (Wildman–Crippen MR) is 67.8 cm³/mol. The summed E-state index contributed by atoms with van der Waals surface area (Å²) in [6.45, 7) is 0.887. The van der Waals surface area contributed by atoms with Crippen LogP contribution in [0.2, 0.25) is 0 Å². The maximum absolute atomic E-state index is 4.25. The van der Waals surface area contributed by atoms with Crippen molar-refractivity contribution in [2.45, 2.75) is 24.9 Å². The van der Waals surface area contributed by atoms with Crippen LogP contribution in [0.4, 0.5) is 0 Å². The molecular formula is C14H17N3. The molecule has 1 saturated carbocycles. The summed E-state index contributed by atoms with van der Waals surface area (Å²) in [5.41, 5.74) is 2.72. The first-order chi connectivity index (χ1) is 8.40. The SMILES string of the molecule is CNCc1cncn1C1CC1c1ccccc1. The Morgan fingerprint density at radius 2 is 2.18 bits per heavy atom. The third-order valence-electron chi connectivity index (χ3n) is 3.45. The lowest BCUT2D eigenvalue weighted by Gasteiger charge is -2.07. The van der Waals surface area contributed by atoms with Crippen molar-refractivity contribution in [1.29, 1.82) is 0 Å². The Kier molecular flexibility index (Phi) is 2.69. The molecule has 3 heteroatoms. The highest BCUT2D eigenvalue weighted by Crippen LogP contribution is 2.51. The summed E-state index contributed by atoms with van der Waals surface area (Å²) in [6.07, 6.45) is 5.15. The minimum atomic E-state index is 0.600. The first kappa shape index (κ1) is 10.5. The van der Waals surface area contributed by atoms with Crippen molar-refractivity contribution >= 4 is 0 Å². The standard InChI is InChI=1S/C14H17N3/c1-15-8-12-9-16-10-17(12)14-7-13(14)11-5-3-2-4-6-11/h2-6,9-10,13-15H,7-8H2,1H3. The number of nitrogens with zero attached hydrogens (tertiary/aromatic N) is 2. The summed E-state index contributed by atoms with van der Waals surface area (Å²) in [5, 5.41) is 3.19. The third-order valence-corrected chi connectivity index (χ3v) is 3.45. The summed E-state index contributed by atoms with van der Waals surface area (Å²) in [5.74, 6) is 0.668. The van der Waals surface area contributed by atoms with Gasteiger partial charge in [-0.1, -0.05) is 30.3 Å². The highest BCUT2D eigenvalue weighted by molar-refractivity contribution is 5.27. The van der Waals surface area contributed by atoms with Gasteiger partial charge in [-0.25, -0.2) is 4.98 Å². The van der Waals surface area contributed by atoms with Crippen LogP contribution in [-0.2, 0) is 6.54 Å². The van der Waals surface area contributed by atoms with Gasteiger partial charge in [0.05, 0.1) is 12.0 Å². The van der Waals surface area contributed by atoms with E-state index in [1.54, 1.807) is 0 Å². The Hall–Kier alpha value is -1.61.